The number of aromatic nitrogens is 5. The number of pyridine rings is 1. The van der Waals surface area contributed by atoms with E-state index in [1.807, 2.05) is 48.5 Å². The van der Waals surface area contributed by atoms with Gasteiger partial charge in [0, 0.05) is 28.7 Å². The molecule has 0 aliphatic heterocycles. The van der Waals surface area contributed by atoms with E-state index in [0.717, 1.165) is 32.8 Å². The lowest BCUT2D eigenvalue weighted by molar-refractivity contribution is 0.812. The number of hydrogen-bond acceptors (Lipinski definition) is 5. The molecule has 0 saturated carbocycles. The van der Waals surface area contributed by atoms with Crippen LogP contribution in [-0.4, -0.2) is 24.8 Å². The summed E-state index contributed by atoms with van der Waals surface area (Å²) in [5, 5.41) is 14.5. The zero-order chi connectivity index (χ0) is 16.4. The summed E-state index contributed by atoms with van der Waals surface area (Å²) in [7, 11) is 0. The van der Waals surface area contributed by atoms with E-state index in [-0.39, 0.29) is 0 Å². The second-order valence-corrected chi connectivity index (χ2v) is 6.51. The van der Waals surface area contributed by atoms with Gasteiger partial charge in [-0.25, -0.2) is 0 Å². The van der Waals surface area contributed by atoms with Gasteiger partial charge >= 0.3 is 0 Å². The molecule has 4 aromatic rings. The lowest BCUT2D eigenvalue weighted by atomic mass is 10.2. The highest BCUT2D eigenvalue weighted by atomic mass is 35.5. The van der Waals surface area contributed by atoms with E-state index in [4.69, 9.17) is 11.6 Å². The third-order valence-electron chi connectivity index (χ3n) is 3.47. The fraction of sp³-hybridized carbons (Fsp3) is 0.0588. The minimum atomic E-state index is 0.723. The molecule has 0 fully saturated rings. The Bertz CT molecular complexity index is 969. The highest BCUT2D eigenvalue weighted by Crippen LogP contribution is 2.23. The van der Waals surface area contributed by atoms with Crippen LogP contribution in [0.3, 0.4) is 0 Å². The molecule has 24 heavy (non-hydrogen) atoms. The van der Waals surface area contributed by atoms with Gasteiger partial charge < -0.3 is 0 Å². The minimum absolute atomic E-state index is 0.723. The quantitative estimate of drug-likeness (QED) is 0.516. The zero-order valence-corrected chi connectivity index (χ0v) is 14.1. The fourth-order valence-electron chi connectivity index (χ4n) is 2.26. The number of nitrogens with zero attached hydrogens (tertiary/aromatic N) is 5. The van der Waals surface area contributed by atoms with Crippen molar-refractivity contribution in [1.82, 2.24) is 24.8 Å². The van der Waals surface area contributed by atoms with Gasteiger partial charge in [-0.2, -0.15) is 9.61 Å². The Morgan fingerprint density at radius 1 is 1.00 bits per heavy atom. The average molecular weight is 354 g/mol. The Balaban J connectivity index is 1.62. The van der Waals surface area contributed by atoms with Crippen LogP contribution in [0.5, 0.6) is 0 Å². The van der Waals surface area contributed by atoms with Crippen LogP contribution in [-0.2, 0) is 5.75 Å². The van der Waals surface area contributed by atoms with Crippen molar-refractivity contribution in [2.45, 2.75) is 10.9 Å². The largest absolute Gasteiger partial charge is 0.264 e. The smallest absolute Gasteiger partial charge is 0.212 e. The van der Waals surface area contributed by atoms with Gasteiger partial charge in [0.05, 0.1) is 5.69 Å². The highest BCUT2D eigenvalue weighted by Gasteiger charge is 2.09. The standard InChI is InChI=1S/C17H12ClN5S/c18-14-5-3-12(4-6-14)11-24-17-21-20-16-8-7-15(22-23(16)17)13-2-1-9-19-10-13/h1-10H,11H2. The van der Waals surface area contributed by atoms with E-state index in [9.17, 15) is 0 Å². The first-order valence-corrected chi connectivity index (χ1v) is 8.66. The molecule has 0 N–H and O–H groups in total. The van der Waals surface area contributed by atoms with Gasteiger partial charge in [-0.3, -0.25) is 4.98 Å². The topological polar surface area (TPSA) is 56.0 Å². The van der Waals surface area contributed by atoms with Crippen molar-refractivity contribution in [2.24, 2.45) is 0 Å². The van der Waals surface area contributed by atoms with Crippen LogP contribution >= 0.6 is 23.4 Å². The third-order valence-corrected chi connectivity index (χ3v) is 4.72. The molecule has 1 aromatic carbocycles. The first kappa shape index (κ1) is 15.1. The molecular formula is C17H12ClN5S. The molecule has 0 aliphatic carbocycles. The van der Waals surface area contributed by atoms with E-state index in [1.54, 1.807) is 28.7 Å². The summed E-state index contributed by atoms with van der Waals surface area (Å²) in [5.41, 5.74) is 3.69. The summed E-state index contributed by atoms with van der Waals surface area (Å²) in [6, 6.07) is 15.5. The molecule has 4 rings (SSSR count). The first-order valence-electron chi connectivity index (χ1n) is 7.30. The molecule has 0 radical (unpaired) electrons. The van der Waals surface area contributed by atoms with E-state index in [2.05, 4.69) is 20.3 Å². The average Bonchev–Trinajstić information content (AvgIpc) is 3.04. The molecule has 0 unspecified atom stereocenters. The molecular weight excluding hydrogens is 342 g/mol. The van der Waals surface area contributed by atoms with Crippen LogP contribution in [0.15, 0.2) is 66.1 Å². The predicted octanol–water partition coefficient (Wildman–Crippen LogP) is 4.13. The monoisotopic (exact) mass is 353 g/mol. The molecule has 118 valence electrons. The lowest BCUT2D eigenvalue weighted by Crippen LogP contribution is -1.96. The van der Waals surface area contributed by atoms with Crippen molar-refractivity contribution in [2.75, 3.05) is 0 Å². The number of fused-ring (bicyclic) bond motifs is 1. The van der Waals surface area contributed by atoms with Crippen molar-refractivity contribution in [3.05, 3.63) is 71.5 Å². The maximum atomic E-state index is 5.92. The number of rotatable bonds is 4. The van der Waals surface area contributed by atoms with Crippen molar-refractivity contribution in [3.63, 3.8) is 0 Å². The van der Waals surface area contributed by atoms with E-state index < -0.39 is 0 Å². The Hall–Kier alpha value is -2.44. The maximum Gasteiger partial charge on any atom is 0.212 e. The normalized spacial score (nSPS) is 11.0. The highest BCUT2D eigenvalue weighted by molar-refractivity contribution is 7.98. The summed E-state index contributed by atoms with van der Waals surface area (Å²) in [4.78, 5) is 4.14. The number of benzene rings is 1. The summed E-state index contributed by atoms with van der Waals surface area (Å²) in [6.07, 6.45) is 3.53. The van der Waals surface area contributed by atoms with Crippen LogP contribution in [0.25, 0.3) is 16.9 Å². The third kappa shape index (κ3) is 3.11. The summed E-state index contributed by atoms with van der Waals surface area (Å²) in [5.74, 6) is 0.775. The van der Waals surface area contributed by atoms with Crippen LogP contribution in [0.2, 0.25) is 5.02 Å². The van der Waals surface area contributed by atoms with Crippen LogP contribution in [0, 0.1) is 0 Å². The van der Waals surface area contributed by atoms with Gasteiger partial charge in [-0.05, 0) is 42.0 Å². The van der Waals surface area contributed by atoms with Gasteiger partial charge in [0.2, 0.25) is 5.16 Å². The predicted molar refractivity (Wildman–Crippen MR) is 95.0 cm³/mol. The fourth-order valence-corrected chi connectivity index (χ4v) is 3.23. The molecule has 0 aliphatic rings. The number of halogens is 1. The Morgan fingerprint density at radius 3 is 2.67 bits per heavy atom. The SMILES string of the molecule is Clc1ccc(CSc2nnc3ccc(-c4cccnc4)nn23)cc1. The molecule has 7 heteroatoms. The van der Waals surface area contributed by atoms with Crippen molar-refractivity contribution < 1.29 is 0 Å². The summed E-state index contributed by atoms with van der Waals surface area (Å²) in [6.45, 7) is 0. The van der Waals surface area contributed by atoms with Crippen LogP contribution in [0.1, 0.15) is 5.56 Å². The zero-order valence-electron chi connectivity index (χ0n) is 12.5. The summed E-state index contributed by atoms with van der Waals surface area (Å²) < 4.78 is 1.77. The second-order valence-electron chi connectivity index (χ2n) is 5.13. The molecule has 0 bridgehead atoms. The molecule has 3 heterocycles. The molecule has 0 atom stereocenters. The molecule has 3 aromatic heterocycles. The van der Waals surface area contributed by atoms with Gasteiger partial charge in [0.25, 0.3) is 0 Å². The Kier molecular flexibility index (Phi) is 4.15. The first-order chi connectivity index (χ1) is 11.8. The maximum absolute atomic E-state index is 5.92. The minimum Gasteiger partial charge on any atom is -0.264 e. The summed E-state index contributed by atoms with van der Waals surface area (Å²) >= 11 is 7.50. The van der Waals surface area contributed by atoms with Crippen LogP contribution in [0.4, 0.5) is 0 Å². The van der Waals surface area contributed by atoms with Gasteiger partial charge in [-0.1, -0.05) is 35.5 Å². The van der Waals surface area contributed by atoms with Gasteiger partial charge in [0.1, 0.15) is 0 Å². The lowest BCUT2D eigenvalue weighted by Gasteiger charge is -2.03. The molecule has 0 spiro atoms. The number of thioether (sulfide) groups is 1. The van der Waals surface area contributed by atoms with E-state index in [1.165, 1.54) is 5.56 Å². The van der Waals surface area contributed by atoms with Crippen molar-refractivity contribution >= 4 is 29.0 Å². The molecule has 0 saturated heterocycles. The van der Waals surface area contributed by atoms with Gasteiger partial charge in [0.15, 0.2) is 5.65 Å². The second kappa shape index (κ2) is 6.59. The van der Waals surface area contributed by atoms with E-state index >= 15 is 0 Å². The van der Waals surface area contributed by atoms with E-state index in [0.29, 0.717) is 0 Å². The van der Waals surface area contributed by atoms with Gasteiger partial charge in [-0.15, -0.1) is 10.2 Å². The number of hydrogen-bond donors (Lipinski definition) is 0. The molecule has 0 amide bonds. The van der Waals surface area contributed by atoms with Crippen molar-refractivity contribution in [1.29, 1.82) is 0 Å². The Morgan fingerprint density at radius 2 is 1.88 bits per heavy atom. The van der Waals surface area contributed by atoms with Crippen molar-refractivity contribution in [3.8, 4) is 11.3 Å². The Labute approximate surface area is 147 Å². The van der Waals surface area contributed by atoms with Crippen LogP contribution < -0.4 is 0 Å². The molecule has 5 nitrogen and oxygen atoms in total.